The topological polar surface area (TPSA) is 90.2 Å². The lowest BCUT2D eigenvalue weighted by Gasteiger charge is -2.10. The number of unbranched alkanes of at least 4 members (excludes halogenated alkanes) is 2. The van der Waals surface area contributed by atoms with Gasteiger partial charge in [0.1, 0.15) is 17.3 Å². The zero-order valence-electron chi connectivity index (χ0n) is 17.0. The number of aromatic nitrogens is 2. The summed E-state index contributed by atoms with van der Waals surface area (Å²) in [4.78, 5) is 17.8. The van der Waals surface area contributed by atoms with Crippen LogP contribution < -0.4 is 10.1 Å². The summed E-state index contributed by atoms with van der Waals surface area (Å²) in [5.74, 6) is -0.716. The van der Waals surface area contributed by atoms with Crippen LogP contribution >= 0.6 is 11.6 Å². The van der Waals surface area contributed by atoms with Gasteiger partial charge in [0, 0.05) is 18.2 Å². The maximum Gasteiger partial charge on any atom is 0.273 e. The van der Waals surface area contributed by atoms with Crippen LogP contribution in [0.4, 0.5) is 20.2 Å². The Kier molecular flexibility index (Phi) is 7.88. The van der Waals surface area contributed by atoms with Gasteiger partial charge in [0.2, 0.25) is 5.28 Å². The molecule has 2 aromatic carbocycles. The molecule has 0 aliphatic heterocycles. The first-order valence-electron chi connectivity index (χ1n) is 9.79. The van der Waals surface area contributed by atoms with Crippen molar-refractivity contribution in [2.24, 2.45) is 0 Å². The van der Waals surface area contributed by atoms with Crippen molar-refractivity contribution in [1.29, 1.82) is 0 Å². The summed E-state index contributed by atoms with van der Waals surface area (Å²) in [5, 5.41) is 13.8. The molecule has 0 unspecified atom stereocenters. The van der Waals surface area contributed by atoms with Crippen LogP contribution in [0.15, 0.2) is 42.6 Å². The number of anilines is 1. The van der Waals surface area contributed by atoms with E-state index in [2.05, 4.69) is 22.2 Å². The molecule has 3 rings (SSSR count). The number of hydrogen-bond donors (Lipinski definition) is 1. The molecular formula is C22H20ClF2N4O3. The van der Waals surface area contributed by atoms with E-state index in [1.807, 2.05) is 0 Å². The van der Waals surface area contributed by atoms with Crippen molar-refractivity contribution in [1.82, 2.24) is 9.97 Å². The molecule has 7 nitrogen and oxygen atoms in total. The summed E-state index contributed by atoms with van der Waals surface area (Å²) in [7, 11) is 0. The monoisotopic (exact) mass is 461 g/mol. The zero-order chi connectivity index (χ0) is 23.1. The molecule has 32 heavy (non-hydrogen) atoms. The maximum absolute atomic E-state index is 14.1. The summed E-state index contributed by atoms with van der Waals surface area (Å²) in [6, 6.07) is 8.50. The SMILES string of the molecule is [CH2]c1cc(OCCCCCNc2cc(-c3nc(Cl)ncc3F)ccc2F)cc([N+](=O)[O-])c1. The number of ether oxygens (including phenoxy) is 1. The van der Waals surface area contributed by atoms with Gasteiger partial charge in [-0.1, -0.05) is 0 Å². The van der Waals surface area contributed by atoms with E-state index in [9.17, 15) is 18.9 Å². The average Bonchev–Trinajstić information content (AvgIpc) is 2.75. The average molecular weight is 462 g/mol. The third-order valence-electron chi connectivity index (χ3n) is 4.52. The summed E-state index contributed by atoms with van der Waals surface area (Å²) in [6.45, 7) is 4.59. The summed E-state index contributed by atoms with van der Waals surface area (Å²) < 4.78 is 33.7. The first-order chi connectivity index (χ1) is 15.3. The van der Waals surface area contributed by atoms with Crippen LogP contribution in [0.25, 0.3) is 11.3 Å². The van der Waals surface area contributed by atoms with E-state index in [0.29, 0.717) is 36.4 Å². The van der Waals surface area contributed by atoms with E-state index in [1.54, 1.807) is 6.07 Å². The Morgan fingerprint density at radius 3 is 2.72 bits per heavy atom. The van der Waals surface area contributed by atoms with Crippen LogP contribution in [0, 0.1) is 28.7 Å². The summed E-state index contributed by atoms with van der Waals surface area (Å²) in [5.41, 5.74) is 1.05. The van der Waals surface area contributed by atoms with Crippen molar-refractivity contribution in [3.05, 3.63) is 82.1 Å². The normalized spacial score (nSPS) is 10.8. The van der Waals surface area contributed by atoms with E-state index in [-0.39, 0.29) is 22.4 Å². The highest BCUT2D eigenvalue weighted by Gasteiger charge is 2.12. The predicted molar refractivity (Wildman–Crippen MR) is 118 cm³/mol. The second-order valence-electron chi connectivity index (χ2n) is 6.96. The van der Waals surface area contributed by atoms with Gasteiger partial charge in [-0.15, -0.1) is 0 Å². The largest absolute Gasteiger partial charge is 0.493 e. The van der Waals surface area contributed by atoms with Crippen LogP contribution in [0.5, 0.6) is 5.75 Å². The smallest absolute Gasteiger partial charge is 0.273 e. The number of nitro groups is 1. The zero-order valence-corrected chi connectivity index (χ0v) is 17.7. The molecule has 0 amide bonds. The standard InChI is InChI=1S/C22H20ClF2N4O3/c1-14-9-16(29(30)31)12-17(10-14)32-8-4-2-3-7-26-20-11-15(5-6-18(20)24)21-19(25)13-27-22(23)28-21/h5-6,9-13,26H,1-4,7-8H2. The second-order valence-corrected chi connectivity index (χ2v) is 7.30. The van der Waals surface area contributed by atoms with Crippen molar-refractivity contribution >= 4 is 23.0 Å². The Balaban J connectivity index is 1.46. The quantitative estimate of drug-likeness (QED) is 0.177. The summed E-state index contributed by atoms with van der Waals surface area (Å²) in [6.07, 6.45) is 3.20. The molecule has 10 heteroatoms. The third kappa shape index (κ3) is 6.34. The highest BCUT2D eigenvalue weighted by Crippen LogP contribution is 2.26. The van der Waals surface area contributed by atoms with Crippen LogP contribution in [-0.4, -0.2) is 28.0 Å². The fraction of sp³-hybridized carbons (Fsp3) is 0.227. The van der Waals surface area contributed by atoms with Crippen molar-refractivity contribution in [3.8, 4) is 17.0 Å². The first-order valence-corrected chi connectivity index (χ1v) is 10.2. The highest BCUT2D eigenvalue weighted by atomic mass is 35.5. The van der Waals surface area contributed by atoms with Crippen molar-refractivity contribution in [3.63, 3.8) is 0 Å². The van der Waals surface area contributed by atoms with Gasteiger partial charge in [-0.3, -0.25) is 10.1 Å². The molecule has 0 fully saturated rings. The molecule has 0 saturated carbocycles. The van der Waals surface area contributed by atoms with E-state index >= 15 is 0 Å². The van der Waals surface area contributed by atoms with Crippen LogP contribution in [0.3, 0.4) is 0 Å². The van der Waals surface area contributed by atoms with E-state index < -0.39 is 16.6 Å². The first kappa shape index (κ1) is 23.3. The van der Waals surface area contributed by atoms with Crippen molar-refractivity contribution in [2.75, 3.05) is 18.5 Å². The minimum Gasteiger partial charge on any atom is -0.493 e. The molecule has 0 bridgehead atoms. The van der Waals surface area contributed by atoms with Gasteiger partial charge in [-0.2, -0.15) is 0 Å². The van der Waals surface area contributed by atoms with Gasteiger partial charge in [0.15, 0.2) is 5.82 Å². The Morgan fingerprint density at radius 1 is 1.12 bits per heavy atom. The Hall–Kier alpha value is -3.33. The summed E-state index contributed by atoms with van der Waals surface area (Å²) >= 11 is 5.73. The van der Waals surface area contributed by atoms with Crippen LogP contribution in [0.2, 0.25) is 5.28 Å². The molecule has 0 aliphatic rings. The van der Waals surface area contributed by atoms with E-state index in [1.165, 1.54) is 30.3 Å². The van der Waals surface area contributed by atoms with Crippen molar-refractivity contribution < 1.29 is 18.4 Å². The van der Waals surface area contributed by atoms with Gasteiger partial charge >= 0.3 is 0 Å². The molecule has 1 radical (unpaired) electrons. The Bertz CT molecular complexity index is 1110. The van der Waals surface area contributed by atoms with Crippen molar-refractivity contribution in [2.45, 2.75) is 19.3 Å². The van der Waals surface area contributed by atoms with Gasteiger partial charge in [-0.25, -0.2) is 18.7 Å². The van der Waals surface area contributed by atoms with E-state index in [0.717, 1.165) is 19.0 Å². The van der Waals surface area contributed by atoms with Gasteiger partial charge in [0.05, 0.1) is 29.5 Å². The van der Waals surface area contributed by atoms with Gasteiger partial charge in [-0.05, 0) is 67.6 Å². The lowest BCUT2D eigenvalue weighted by Crippen LogP contribution is -2.05. The fourth-order valence-corrected chi connectivity index (χ4v) is 3.14. The molecule has 1 heterocycles. The minimum atomic E-state index is -0.651. The Labute approximate surface area is 188 Å². The van der Waals surface area contributed by atoms with Gasteiger partial charge in [0.25, 0.3) is 5.69 Å². The lowest BCUT2D eigenvalue weighted by atomic mass is 10.1. The molecule has 1 N–H and O–H groups in total. The molecule has 3 aromatic rings. The molecule has 0 atom stereocenters. The van der Waals surface area contributed by atoms with Gasteiger partial charge < -0.3 is 10.1 Å². The molecule has 0 aliphatic carbocycles. The number of benzene rings is 2. The molecule has 1 aromatic heterocycles. The lowest BCUT2D eigenvalue weighted by molar-refractivity contribution is -0.385. The molecular weight excluding hydrogens is 442 g/mol. The molecule has 167 valence electrons. The number of halogens is 3. The number of nitro benzene ring substituents is 1. The number of hydrogen-bond acceptors (Lipinski definition) is 6. The molecule has 0 spiro atoms. The fourth-order valence-electron chi connectivity index (χ4n) is 3.01. The van der Waals surface area contributed by atoms with Crippen LogP contribution in [-0.2, 0) is 0 Å². The molecule has 0 saturated heterocycles. The number of nitrogens with zero attached hydrogens (tertiary/aromatic N) is 3. The second kappa shape index (κ2) is 10.8. The van der Waals surface area contributed by atoms with E-state index in [4.69, 9.17) is 16.3 Å². The van der Waals surface area contributed by atoms with Crippen LogP contribution in [0.1, 0.15) is 24.8 Å². The maximum atomic E-state index is 14.1. The number of nitrogens with one attached hydrogen (secondary N) is 1. The Morgan fingerprint density at radius 2 is 1.94 bits per heavy atom. The highest BCUT2D eigenvalue weighted by molar-refractivity contribution is 6.28. The predicted octanol–water partition coefficient (Wildman–Crippen LogP) is 5.83. The number of rotatable bonds is 10. The number of non-ortho nitro benzene ring substituents is 1. The minimum absolute atomic E-state index is 0.00298. The third-order valence-corrected chi connectivity index (χ3v) is 4.70.